The fourth-order valence-electron chi connectivity index (χ4n) is 3.01. The lowest BCUT2D eigenvalue weighted by Crippen LogP contribution is -2.47. The third-order valence-corrected chi connectivity index (χ3v) is 4.74. The topological polar surface area (TPSA) is 58.1 Å². The van der Waals surface area contributed by atoms with Crippen molar-refractivity contribution < 1.29 is 22.4 Å². The van der Waals surface area contributed by atoms with E-state index in [2.05, 4.69) is 15.3 Å². The van der Waals surface area contributed by atoms with Crippen molar-refractivity contribution in [2.45, 2.75) is 25.1 Å². The van der Waals surface area contributed by atoms with E-state index in [1.807, 2.05) is 0 Å². The van der Waals surface area contributed by atoms with Gasteiger partial charge < -0.3 is 5.32 Å². The van der Waals surface area contributed by atoms with Crippen LogP contribution in [0.2, 0.25) is 5.02 Å². The summed E-state index contributed by atoms with van der Waals surface area (Å²) in [4.78, 5) is 21.8. The number of likely N-dealkylation sites (tertiary alicyclic amines) is 1. The van der Waals surface area contributed by atoms with Gasteiger partial charge in [-0.1, -0.05) is 11.6 Å². The smallest absolute Gasteiger partial charge is 0.349 e. The zero-order valence-electron chi connectivity index (χ0n) is 14.6. The number of aromatic nitrogens is 2. The Hall–Kier alpha value is -2.26. The Balaban J connectivity index is 1.58. The number of amides is 1. The zero-order valence-corrected chi connectivity index (χ0v) is 15.4. The minimum Gasteiger partial charge on any atom is -0.349 e. The minimum atomic E-state index is -4.22. The van der Waals surface area contributed by atoms with Crippen LogP contribution in [0, 0.1) is 5.82 Å². The Morgan fingerprint density at radius 2 is 1.86 bits per heavy atom. The number of carbonyl (C=O) groups is 1. The second-order valence-corrected chi connectivity index (χ2v) is 6.97. The van der Waals surface area contributed by atoms with Crippen molar-refractivity contribution in [3.63, 3.8) is 0 Å². The standard InChI is InChI=1S/C18H17ClF4N4O/c19-15-2-1-12(20)7-14(15)16-24-8-11(9-25-16)17(28)26-13-3-5-27(6-4-13)10-18(21,22)23/h1-2,7-9,13H,3-6,10H2,(H,26,28). The molecule has 2 aromatic rings. The molecule has 0 bridgehead atoms. The average molecular weight is 417 g/mol. The molecule has 28 heavy (non-hydrogen) atoms. The van der Waals surface area contributed by atoms with Gasteiger partial charge in [0.05, 0.1) is 17.1 Å². The molecule has 2 heterocycles. The van der Waals surface area contributed by atoms with E-state index in [-0.39, 0.29) is 35.5 Å². The molecule has 0 spiro atoms. The van der Waals surface area contributed by atoms with E-state index in [0.29, 0.717) is 18.4 Å². The largest absolute Gasteiger partial charge is 0.401 e. The van der Waals surface area contributed by atoms with Crippen molar-refractivity contribution in [3.05, 3.63) is 47.0 Å². The summed E-state index contributed by atoms with van der Waals surface area (Å²) >= 11 is 6.01. The number of alkyl halides is 3. The van der Waals surface area contributed by atoms with Crippen molar-refractivity contribution in [2.75, 3.05) is 19.6 Å². The SMILES string of the molecule is O=C(NC1CCN(CC(F)(F)F)CC1)c1cnc(-c2cc(F)ccc2Cl)nc1. The fraction of sp³-hybridized carbons (Fsp3) is 0.389. The van der Waals surface area contributed by atoms with Crippen LogP contribution in [-0.2, 0) is 0 Å². The molecule has 10 heteroatoms. The molecule has 0 aliphatic carbocycles. The second-order valence-electron chi connectivity index (χ2n) is 6.56. The van der Waals surface area contributed by atoms with Crippen LogP contribution in [0.25, 0.3) is 11.4 Å². The van der Waals surface area contributed by atoms with Gasteiger partial charge in [-0.2, -0.15) is 13.2 Å². The monoisotopic (exact) mass is 416 g/mol. The van der Waals surface area contributed by atoms with Crippen LogP contribution in [-0.4, -0.2) is 52.6 Å². The molecule has 1 aromatic carbocycles. The van der Waals surface area contributed by atoms with Crippen LogP contribution in [0.4, 0.5) is 17.6 Å². The lowest BCUT2D eigenvalue weighted by Gasteiger charge is -2.32. The van der Waals surface area contributed by atoms with Gasteiger partial charge >= 0.3 is 6.18 Å². The van der Waals surface area contributed by atoms with Gasteiger partial charge in [0.2, 0.25) is 0 Å². The van der Waals surface area contributed by atoms with Gasteiger partial charge in [0, 0.05) is 37.1 Å². The number of hydrogen-bond donors (Lipinski definition) is 1. The van der Waals surface area contributed by atoms with Gasteiger partial charge in [0.15, 0.2) is 5.82 Å². The quantitative estimate of drug-likeness (QED) is 0.772. The molecule has 1 aliphatic heterocycles. The Morgan fingerprint density at radius 3 is 2.46 bits per heavy atom. The van der Waals surface area contributed by atoms with Gasteiger partial charge in [-0.3, -0.25) is 9.69 Å². The summed E-state index contributed by atoms with van der Waals surface area (Å²) in [7, 11) is 0. The molecule has 0 atom stereocenters. The highest BCUT2D eigenvalue weighted by Gasteiger charge is 2.32. The Kier molecular flexibility index (Phi) is 6.14. The van der Waals surface area contributed by atoms with Gasteiger partial charge in [0.25, 0.3) is 5.91 Å². The molecule has 0 saturated carbocycles. The van der Waals surface area contributed by atoms with E-state index >= 15 is 0 Å². The number of nitrogens with one attached hydrogen (secondary N) is 1. The summed E-state index contributed by atoms with van der Waals surface area (Å²) in [6.45, 7) is -0.415. The van der Waals surface area contributed by atoms with Crippen molar-refractivity contribution in [1.29, 1.82) is 0 Å². The fourth-order valence-corrected chi connectivity index (χ4v) is 3.21. The summed E-state index contributed by atoms with van der Waals surface area (Å²) in [6, 6.07) is 3.59. The highest BCUT2D eigenvalue weighted by atomic mass is 35.5. The summed E-state index contributed by atoms with van der Waals surface area (Å²) in [5, 5.41) is 3.07. The minimum absolute atomic E-state index is 0.182. The molecular weight excluding hydrogens is 400 g/mol. The molecule has 0 radical (unpaired) electrons. The molecule has 1 N–H and O–H groups in total. The third kappa shape index (κ3) is 5.39. The number of nitrogens with zero attached hydrogens (tertiary/aromatic N) is 3. The van der Waals surface area contributed by atoms with Gasteiger partial charge in [-0.05, 0) is 31.0 Å². The first kappa shape index (κ1) is 20.5. The molecule has 150 valence electrons. The molecule has 3 rings (SSSR count). The highest BCUT2D eigenvalue weighted by molar-refractivity contribution is 6.33. The Morgan fingerprint density at radius 1 is 1.21 bits per heavy atom. The van der Waals surface area contributed by atoms with Gasteiger partial charge in [-0.25, -0.2) is 14.4 Å². The van der Waals surface area contributed by atoms with Crippen LogP contribution < -0.4 is 5.32 Å². The predicted octanol–water partition coefficient (Wildman–Crippen LogP) is 3.69. The molecule has 1 aliphatic rings. The Labute approximate surface area is 163 Å². The number of halogens is 5. The zero-order chi connectivity index (χ0) is 20.3. The van der Waals surface area contributed by atoms with Crippen LogP contribution >= 0.6 is 11.6 Å². The lowest BCUT2D eigenvalue weighted by molar-refractivity contribution is -0.148. The van der Waals surface area contributed by atoms with E-state index in [1.54, 1.807) is 0 Å². The summed E-state index contributed by atoms with van der Waals surface area (Å²) in [5.41, 5.74) is 0.514. The van der Waals surface area contributed by atoms with E-state index < -0.39 is 24.4 Å². The lowest BCUT2D eigenvalue weighted by atomic mass is 10.0. The van der Waals surface area contributed by atoms with E-state index in [1.165, 1.54) is 35.5 Å². The maximum Gasteiger partial charge on any atom is 0.401 e. The Bertz CT molecular complexity index is 836. The summed E-state index contributed by atoms with van der Waals surface area (Å²) in [5.74, 6) is -0.714. The normalized spacial score (nSPS) is 16.2. The number of hydrogen-bond acceptors (Lipinski definition) is 4. The van der Waals surface area contributed by atoms with Crippen molar-refractivity contribution in [3.8, 4) is 11.4 Å². The summed E-state index contributed by atoms with van der Waals surface area (Å²) in [6.07, 6.45) is -0.756. The number of carbonyl (C=O) groups excluding carboxylic acids is 1. The van der Waals surface area contributed by atoms with Crippen LogP contribution in [0.15, 0.2) is 30.6 Å². The maximum absolute atomic E-state index is 13.4. The molecule has 1 amide bonds. The molecule has 5 nitrogen and oxygen atoms in total. The first-order chi connectivity index (χ1) is 13.2. The van der Waals surface area contributed by atoms with Crippen molar-refractivity contribution >= 4 is 17.5 Å². The van der Waals surface area contributed by atoms with Crippen molar-refractivity contribution in [1.82, 2.24) is 20.2 Å². The first-order valence-corrected chi connectivity index (χ1v) is 8.96. The molecule has 1 saturated heterocycles. The first-order valence-electron chi connectivity index (χ1n) is 8.59. The molecular formula is C18H17ClF4N4O. The summed E-state index contributed by atoms with van der Waals surface area (Å²) < 4.78 is 50.6. The molecule has 0 unspecified atom stereocenters. The molecule has 1 aromatic heterocycles. The number of piperidine rings is 1. The number of benzene rings is 1. The van der Waals surface area contributed by atoms with Gasteiger partial charge in [0.1, 0.15) is 5.82 Å². The van der Waals surface area contributed by atoms with E-state index in [0.717, 1.165) is 0 Å². The maximum atomic E-state index is 13.4. The van der Waals surface area contributed by atoms with Crippen molar-refractivity contribution in [2.24, 2.45) is 0 Å². The van der Waals surface area contributed by atoms with Crippen LogP contribution in [0.5, 0.6) is 0 Å². The number of rotatable bonds is 4. The molecule has 1 fully saturated rings. The van der Waals surface area contributed by atoms with Crippen LogP contribution in [0.3, 0.4) is 0 Å². The van der Waals surface area contributed by atoms with E-state index in [4.69, 9.17) is 11.6 Å². The van der Waals surface area contributed by atoms with E-state index in [9.17, 15) is 22.4 Å². The van der Waals surface area contributed by atoms with Gasteiger partial charge in [-0.15, -0.1) is 0 Å². The average Bonchev–Trinajstić information content (AvgIpc) is 2.64. The highest BCUT2D eigenvalue weighted by Crippen LogP contribution is 2.25. The predicted molar refractivity (Wildman–Crippen MR) is 95.4 cm³/mol. The van der Waals surface area contributed by atoms with Crippen LogP contribution in [0.1, 0.15) is 23.2 Å². The third-order valence-electron chi connectivity index (χ3n) is 4.41. The second kappa shape index (κ2) is 8.40.